The van der Waals surface area contributed by atoms with Gasteiger partial charge in [0.05, 0.1) is 19.8 Å². The Morgan fingerprint density at radius 2 is 1.13 bits per heavy atom. The molecule has 0 aromatic carbocycles. The molecule has 0 spiro atoms. The number of phosphoric acid groups is 1. The normalized spacial score (nSPS) is 17.2. The number of aliphatic imine (C=N–C) groups is 1. The average Bonchev–Trinajstić information content (AvgIpc) is 3.92. The monoisotopic (exact) mass is 819 g/mol. The maximum absolute atomic E-state index is 12.7. The fourth-order valence-electron chi connectivity index (χ4n) is 7.03. The van der Waals surface area contributed by atoms with Crippen LogP contribution in [0.1, 0.15) is 206 Å². The largest absolute Gasteiger partial charge is 0.862 e. The van der Waals surface area contributed by atoms with E-state index in [1.807, 2.05) is 0 Å². The van der Waals surface area contributed by atoms with Crippen molar-refractivity contribution < 1.29 is 42.7 Å². The van der Waals surface area contributed by atoms with E-state index in [-0.39, 0.29) is 44.9 Å². The van der Waals surface area contributed by atoms with Crippen LogP contribution in [0.2, 0.25) is 0 Å². The van der Waals surface area contributed by atoms with Crippen LogP contribution < -0.4 is 5.11 Å². The number of hydrogen-bond acceptors (Lipinski definition) is 10. The lowest BCUT2D eigenvalue weighted by atomic mass is 10.0. The zero-order valence-corrected chi connectivity index (χ0v) is 36.8. The van der Waals surface area contributed by atoms with Crippen LogP contribution in [0.3, 0.4) is 0 Å². The minimum Gasteiger partial charge on any atom is -0.862 e. The third kappa shape index (κ3) is 33.5. The Bertz CT molecular complexity index is 1020. The van der Waals surface area contributed by atoms with Crippen molar-refractivity contribution in [3.8, 4) is 0 Å². The summed E-state index contributed by atoms with van der Waals surface area (Å²) < 4.78 is 33.4. The molecule has 55 heavy (non-hydrogen) atoms. The van der Waals surface area contributed by atoms with Gasteiger partial charge >= 0.3 is 19.8 Å². The molecule has 1 rings (SSSR count). The molecule has 0 radical (unpaired) electrons. The molecule has 0 aromatic rings. The van der Waals surface area contributed by atoms with Gasteiger partial charge in [0.2, 0.25) is 0 Å². The Kier molecular flexibility index (Phi) is 34.0. The Morgan fingerprint density at radius 3 is 1.62 bits per heavy atom. The maximum atomic E-state index is 12.7. The summed E-state index contributed by atoms with van der Waals surface area (Å²) >= 11 is 3.98. The summed E-state index contributed by atoms with van der Waals surface area (Å²) in [5.74, 6) is 0.999. The molecule has 0 heterocycles. The van der Waals surface area contributed by atoms with Crippen molar-refractivity contribution >= 4 is 38.3 Å². The smallest absolute Gasteiger partial charge is 0.472 e. The lowest BCUT2D eigenvalue weighted by molar-refractivity contribution is -0.218. The van der Waals surface area contributed by atoms with E-state index < -0.39 is 32.5 Å². The number of carbonyl (C=O) groups is 2. The molecule has 1 aliphatic rings. The number of phosphoric ester groups is 1. The van der Waals surface area contributed by atoms with Crippen LogP contribution in [-0.4, -0.2) is 61.0 Å². The number of ether oxygens (including phenoxy) is 2. The number of thiol groups is 1. The Labute approximate surface area is 341 Å². The van der Waals surface area contributed by atoms with Gasteiger partial charge in [0.15, 0.2) is 6.10 Å². The summed E-state index contributed by atoms with van der Waals surface area (Å²) in [5, 5.41) is 11.5. The second-order valence-corrected chi connectivity index (χ2v) is 17.7. The van der Waals surface area contributed by atoms with E-state index >= 15 is 0 Å². The van der Waals surface area contributed by atoms with Gasteiger partial charge in [-0.05, 0) is 49.2 Å². The first kappa shape index (κ1) is 51.9. The van der Waals surface area contributed by atoms with Crippen LogP contribution in [0.4, 0.5) is 0 Å². The molecule has 12 heteroatoms. The highest BCUT2D eigenvalue weighted by Crippen LogP contribution is 2.46. The van der Waals surface area contributed by atoms with Crippen LogP contribution in [-0.2, 0) is 32.7 Å². The molecular formula is C43H81NO9PS-. The van der Waals surface area contributed by atoms with Gasteiger partial charge in [-0.15, -0.1) is 0 Å². The Hall–Kier alpha value is -1.13. The zero-order chi connectivity index (χ0) is 40.2. The molecule has 324 valence electrons. The second-order valence-electron chi connectivity index (χ2n) is 15.8. The average molecular weight is 819 g/mol. The van der Waals surface area contributed by atoms with Crippen molar-refractivity contribution in [1.29, 1.82) is 0 Å². The van der Waals surface area contributed by atoms with Gasteiger partial charge in [0, 0.05) is 12.8 Å². The topological polar surface area (TPSA) is 144 Å². The number of nitrogens with zero attached hydrogens (tertiary/aromatic N) is 1. The minimum absolute atomic E-state index is 0.101. The van der Waals surface area contributed by atoms with Crippen LogP contribution >= 0.6 is 20.5 Å². The first-order chi connectivity index (χ1) is 26.7. The molecule has 1 saturated carbocycles. The van der Waals surface area contributed by atoms with Crippen LogP contribution in [0.15, 0.2) is 4.99 Å². The Balaban J connectivity index is 2.32. The summed E-state index contributed by atoms with van der Waals surface area (Å²) in [7, 11) is -4.53. The van der Waals surface area contributed by atoms with E-state index in [1.165, 1.54) is 135 Å². The number of esters is 2. The van der Waals surface area contributed by atoms with Gasteiger partial charge in [-0.25, -0.2) is 4.57 Å². The van der Waals surface area contributed by atoms with E-state index in [2.05, 4.69) is 31.5 Å². The van der Waals surface area contributed by atoms with Crippen molar-refractivity contribution in [2.45, 2.75) is 213 Å². The first-order valence-electron chi connectivity index (χ1n) is 22.5. The molecule has 1 N–H and O–H groups in total. The highest BCUT2D eigenvalue weighted by Gasteiger charge is 2.35. The van der Waals surface area contributed by atoms with Crippen molar-refractivity contribution in [2.75, 3.05) is 32.1 Å². The first-order valence-corrected chi connectivity index (χ1v) is 24.6. The van der Waals surface area contributed by atoms with Gasteiger partial charge in [-0.2, -0.15) is 12.6 Å². The molecule has 1 unspecified atom stereocenters. The molecule has 0 aromatic heterocycles. The van der Waals surface area contributed by atoms with Gasteiger partial charge in [-0.1, -0.05) is 168 Å². The number of unbranched alkanes of at least 4 members (excludes halogenated alkanes) is 21. The lowest BCUT2D eigenvalue weighted by Gasteiger charge is -2.20. The fraction of sp³-hybridized carbons (Fsp3) is 0.930. The molecule has 0 bridgehead atoms. The second kappa shape index (κ2) is 36.0. The van der Waals surface area contributed by atoms with Gasteiger partial charge in [0.1, 0.15) is 6.61 Å². The predicted octanol–water partition coefficient (Wildman–Crippen LogP) is 11.3. The summed E-state index contributed by atoms with van der Waals surface area (Å²) in [6, 6.07) is 0. The number of carbonyl (C=O) groups excluding carboxylic acids is 2. The van der Waals surface area contributed by atoms with E-state index in [0.29, 0.717) is 12.2 Å². The Morgan fingerprint density at radius 1 is 0.673 bits per heavy atom. The van der Waals surface area contributed by atoms with Gasteiger partial charge in [0.25, 0.3) is 0 Å². The van der Waals surface area contributed by atoms with E-state index in [0.717, 1.165) is 43.9 Å². The van der Waals surface area contributed by atoms with Crippen molar-refractivity contribution in [1.82, 2.24) is 0 Å². The SMILES string of the molecule is CCCCCCCCCCCCCCCC(=O)OC[C@H](COP(=O)(O)OCCN=C([O-])CCS)OC(=O)CCCCCCC[C@H]1C[C@H]1CCCCCCCC. The molecule has 0 aliphatic heterocycles. The quantitative estimate of drug-likeness (QED) is 0.0154. The molecular weight excluding hydrogens is 738 g/mol. The van der Waals surface area contributed by atoms with Crippen molar-refractivity contribution in [2.24, 2.45) is 16.8 Å². The number of hydrogen-bond donors (Lipinski definition) is 2. The van der Waals surface area contributed by atoms with E-state index in [4.69, 9.17) is 18.5 Å². The van der Waals surface area contributed by atoms with Crippen LogP contribution in [0, 0.1) is 11.8 Å². The van der Waals surface area contributed by atoms with Crippen LogP contribution in [0.25, 0.3) is 0 Å². The van der Waals surface area contributed by atoms with Gasteiger partial charge in [-0.3, -0.25) is 18.6 Å². The standard InChI is InChI=1S/C43H82NO9PS/c1-3-5-7-9-11-12-13-14-15-16-17-21-25-29-42(46)50-36-40(37-52-54(48,49)51-33-32-44-41(45)31-34-55)53-43(47)30-26-22-18-20-24-28-39-35-38(39)27-23-19-10-8-6-4-2/h38-40,55H,3-37H2,1-2H3,(H,44,45)(H,48,49)/p-1/t38-,39+,40-/m1/s1. The lowest BCUT2D eigenvalue weighted by Crippen LogP contribution is -2.29. The van der Waals surface area contributed by atoms with Gasteiger partial charge < -0.3 is 24.5 Å². The third-order valence-electron chi connectivity index (χ3n) is 10.5. The molecule has 0 saturated heterocycles. The highest BCUT2D eigenvalue weighted by atomic mass is 32.1. The number of rotatable bonds is 41. The summed E-state index contributed by atoms with van der Waals surface area (Å²) in [4.78, 5) is 39.0. The molecule has 0 amide bonds. The molecule has 4 atom stereocenters. The molecule has 1 aliphatic carbocycles. The maximum Gasteiger partial charge on any atom is 0.472 e. The van der Waals surface area contributed by atoms with Crippen molar-refractivity contribution in [3.63, 3.8) is 0 Å². The fourth-order valence-corrected chi connectivity index (χ4v) is 7.97. The zero-order valence-electron chi connectivity index (χ0n) is 35.0. The molecule has 1 fully saturated rings. The summed E-state index contributed by atoms with van der Waals surface area (Å²) in [5.41, 5.74) is 0. The third-order valence-corrected chi connectivity index (χ3v) is 11.8. The predicted molar refractivity (Wildman–Crippen MR) is 226 cm³/mol. The molecule has 10 nitrogen and oxygen atoms in total. The summed E-state index contributed by atoms with van der Waals surface area (Å²) in [6.45, 7) is 3.34. The van der Waals surface area contributed by atoms with E-state index in [1.54, 1.807) is 0 Å². The van der Waals surface area contributed by atoms with E-state index in [9.17, 15) is 24.2 Å². The highest BCUT2D eigenvalue weighted by molar-refractivity contribution is 7.80. The minimum atomic E-state index is -4.53. The summed E-state index contributed by atoms with van der Waals surface area (Å²) in [6.07, 6.45) is 32.8. The van der Waals surface area contributed by atoms with Crippen LogP contribution in [0.5, 0.6) is 0 Å². The van der Waals surface area contributed by atoms with Crippen molar-refractivity contribution in [3.05, 3.63) is 0 Å².